The summed E-state index contributed by atoms with van der Waals surface area (Å²) >= 11 is 0. The van der Waals surface area contributed by atoms with Crippen molar-refractivity contribution in [3.63, 3.8) is 0 Å². The van der Waals surface area contributed by atoms with Crippen molar-refractivity contribution in [1.29, 1.82) is 0 Å². The molecule has 0 spiro atoms. The number of hydrogen-bond acceptors (Lipinski definition) is 6. The van der Waals surface area contributed by atoms with Crippen LogP contribution in [0.25, 0.3) is 0 Å². The van der Waals surface area contributed by atoms with Crippen LogP contribution in [0.5, 0.6) is 0 Å². The Bertz CT molecular complexity index is 1210. The van der Waals surface area contributed by atoms with Crippen molar-refractivity contribution in [3.8, 4) is 0 Å². The minimum absolute atomic E-state index is 0.0927. The van der Waals surface area contributed by atoms with Gasteiger partial charge in [0.05, 0.1) is 0 Å². The van der Waals surface area contributed by atoms with Crippen molar-refractivity contribution in [3.05, 3.63) is 60.8 Å². The fraction of sp³-hybridized carbons (Fsp3) is 0.787. The smallest absolute Gasteiger partial charge is 0.306 e. The predicted molar refractivity (Wildman–Crippen MR) is 288 cm³/mol. The average molecular weight is 938 g/mol. The molecule has 0 amide bonds. The van der Waals surface area contributed by atoms with Crippen LogP contribution >= 0.6 is 0 Å². The van der Waals surface area contributed by atoms with Gasteiger partial charge in [0, 0.05) is 19.3 Å². The first-order chi connectivity index (χ1) is 33.0. The highest BCUT2D eigenvalue weighted by Gasteiger charge is 2.19. The van der Waals surface area contributed by atoms with Gasteiger partial charge in [-0.15, -0.1) is 0 Å². The molecule has 0 saturated carbocycles. The van der Waals surface area contributed by atoms with E-state index in [0.29, 0.717) is 19.3 Å². The summed E-state index contributed by atoms with van der Waals surface area (Å²) in [6.45, 7) is 6.51. The van der Waals surface area contributed by atoms with E-state index >= 15 is 0 Å². The maximum atomic E-state index is 12.8. The zero-order valence-corrected chi connectivity index (χ0v) is 44.4. The van der Waals surface area contributed by atoms with Gasteiger partial charge >= 0.3 is 17.9 Å². The van der Waals surface area contributed by atoms with E-state index in [1.165, 1.54) is 167 Å². The molecule has 388 valence electrons. The highest BCUT2D eigenvalue weighted by atomic mass is 16.6. The molecule has 0 bridgehead atoms. The summed E-state index contributed by atoms with van der Waals surface area (Å²) in [6.07, 6.45) is 69.3. The number of ether oxygens (including phenoxy) is 3. The Kier molecular flexibility index (Phi) is 53.3. The van der Waals surface area contributed by atoms with Crippen molar-refractivity contribution >= 4 is 17.9 Å². The van der Waals surface area contributed by atoms with Gasteiger partial charge in [0.15, 0.2) is 6.10 Å². The third-order valence-electron chi connectivity index (χ3n) is 12.5. The summed E-state index contributed by atoms with van der Waals surface area (Å²) in [6, 6.07) is 0. The minimum atomic E-state index is -0.800. The summed E-state index contributed by atoms with van der Waals surface area (Å²) < 4.78 is 16.8. The van der Waals surface area contributed by atoms with Gasteiger partial charge in [0.2, 0.25) is 0 Å². The summed E-state index contributed by atoms with van der Waals surface area (Å²) in [5.74, 6) is -0.937. The van der Waals surface area contributed by atoms with Crippen LogP contribution in [-0.2, 0) is 28.6 Å². The largest absolute Gasteiger partial charge is 0.462 e. The van der Waals surface area contributed by atoms with E-state index in [2.05, 4.69) is 81.5 Å². The third kappa shape index (κ3) is 53.9. The molecule has 0 heterocycles. The molecule has 0 aromatic heterocycles. The van der Waals surface area contributed by atoms with Gasteiger partial charge in [-0.2, -0.15) is 0 Å². The van der Waals surface area contributed by atoms with Crippen molar-refractivity contribution in [2.45, 2.75) is 297 Å². The van der Waals surface area contributed by atoms with Gasteiger partial charge in [0.1, 0.15) is 13.2 Å². The van der Waals surface area contributed by atoms with Crippen LogP contribution in [0.2, 0.25) is 0 Å². The molecule has 0 aromatic carbocycles. The van der Waals surface area contributed by atoms with Crippen LogP contribution in [0.1, 0.15) is 290 Å². The second-order valence-corrected chi connectivity index (χ2v) is 19.2. The van der Waals surface area contributed by atoms with E-state index in [1.807, 2.05) is 0 Å². The highest BCUT2D eigenvalue weighted by molar-refractivity contribution is 5.71. The molecule has 0 radical (unpaired) electrons. The molecule has 0 aromatic rings. The molecule has 6 heteroatoms. The molecule has 0 fully saturated rings. The van der Waals surface area contributed by atoms with Crippen LogP contribution in [-0.4, -0.2) is 37.2 Å². The number of carbonyl (C=O) groups is 3. The number of hydrogen-bond donors (Lipinski definition) is 0. The average Bonchev–Trinajstić information content (AvgIpc) is 3.33. The molecular formula is C61H108O6. The second kappa shape index (κ2) is 55.7. The van der Waals surface area contributed by atoms with Crippen LogP contribution in [0.15, 0.2) is 60.8 Å². The molecule has 0 N–H and O–H groups in total. The van der Waals surface area contributed by atoms with Gasteiger partial charge < -0.3 is 14.2 Å². The normalized spacial score (nSPS) is 12.5. The maximum absolute atomic E-state index is 12.8. The molecule has 0 rings (SSSR count). The van der Waals surface area contributed by atoms with E-state index in [0.717, 1.165) is 77.0 Å². The molecule has 67 heavy (non-hydrogen) atoms. The Balaban J connectivity index is 4.42. The summed E-state index contributed by atoms with van der Waals surface area (Å²) in [5, 5.41) is 0. The number of allylic oxidation sites excluding steroid dienone is 10. The Morgan fingerprint density at radius 3 is 0.896 bits per heavy atom. The van der Waals surface area contributed by atoms with E-state index in [1.54, 1.807) is 0 Å². The fourth-order valence-corrected chi connectivity index (χ4v) is 8.24. The quantitative estimate of drug-likeness (QED) is 0.0262. The Labute approximate surface area is 415 Å². The van der Waals surface area contributed by atoms with Gasteiger partial charge in [-0.3, -0.25) is 14.4 Å². The standard InChI is InChI=1S/C61H108O6/c1-4-7-10-13-16-19-22-25-28-30-32-33-36-39-42-45-48-51-54-60(63)66-57-58(56-65-59(62)53-50-47-44-41-38-35-27-24-21-18-15-12-9-6-3)67-61(64)55-52-49-46-43-40-37-34-31-29-26-23-20-17-14-11-8-5-2/h8,11,17,20,26,29,34,37,43,46,58H,4-7,9-10,12-16,18-19,21-25,27-28,30-33,35-36,38-42,44-45,47-57H2,1-3H3/b11-8-,20-17-,29-26-,37-34-,46-43-/t58-/m1/s1. The van der Waals surface area contributed by atoms with Crippen molar-refractivity contribution < 1.29 is 28.6 Å². The number of unbranched alkanes of at least 4 members (excludes halogenated alkanes) is 31. The van der Waals surface area contributed by atoms with Gasteiger partial charge in [0.25, 0.3) is 0 Å². The Hall–Kier alpha value is -2.89. The first-order valence-corrected chi connectivity index (χ1v) is 28.8. The van der Waals surface area contributed by atoms with Gasteiger partial charge in [-0.25, -0.2) is 0 Å². The molecule has 0 aliphatic rings. The van der Waals surface area contributed by atoms with E-state index in [9.17, 15) is 14.4 Å². The number of esters is 3. The fourth-order valence-electron chi connectivity index (χ4n) is 8.24. The van der Waals surface area contributed by atoms with E-state index in [-0.39, 0.29) is 37.5 Å². The summed E-state index contributed by atoms with van der Waals surface area (Å²) in [4.78, 5) is 38.1. The van der Waals surface area contributed by atoms with Gasteiger partial charge in [-0.1, -0.05) is 274 Å². The molecular weight excluding hydrogens is 829 g/mol. The topological polar surface area (TPSA) is 78.9 Å². The molecule has 0 aliphatic carbocycles. The lowest BCUT2D eigenvalue weighted by Gasteiger charge is -2.18. The SMILES string of the molecule is CC/C=C\C/C=C\C/C=C\C/C=C\C/C=C\CCCC(=O)O[C@H](COC(=O)CCCCCCCCCCCCCCCC)COC(=O)CCCCCCCCCCCCCCCCCCCC. The maximum Gasteiger partial charge on any atom is 0.306 e. The number of rotatable bonds is 52. The third-order valence-corrected chi connectivity index (χ3v) is 12.5. The second-order valence-electron chi connectivity index (χ2n) is 19.2. The Morgan fingerprint density at radius 2 is 0.582 bits per heavy atom. The van der Waals surface area contributed by atoms with Crippen molar-refractivity contribution in [2.24, 2.45) is 0 Å². The Morgan fingerprint density at radius 1 is 0.313 bits per heavy atom. The molecule has 0 unspecified atom stereocenters. The molecule has 0 aliphatic heterocycles. The predicted octanol–water partition coefficient (Wildman–Crippen LogP) is 19.2. The monoisotopic (exact) mass is 937 g/mol. The molecule has 1 atom stereocenters. The zero-order chi connectivity index (χ0) is 48.6. The first-order valence-electron chi connectivity index (χ1n) is 28.8. The van der Waals surface area contributed by atoms with Crippen molar-refractivity contribution in [2.75, 3.05) is 13.2 Å². The lowest BCUT2D eigenvalue weighted by Crippen LogP contribution is -2.30. The van der Waals surface area contributed by atoms with Crippen LogP contribution < -0.4 is 0 Å². The lowest BCUT2D eigenvalue weighted by molar-refractivity contribution is -0.167. The number of carbonyl (C=O) groups excluding carboxylic acids is 3. The van der Waals surface area contributed by atoms with E-state index < -0.39 is 6.10 Å². The van der Waals surface area contributed by atoms with Crippen LogP contribution in [0.4, 0.5) is 0 Å². The van der Waals surface area contributed by atoms with Gasteiger partial charge in [-0.05, 0) is 57.8 Å². The van der Waals surface area contributed by atoms with Crippen LogP contribution in [0.3, 0.4) is 0 Å². The molecule has 0 saturated heterocycles. The summed E-state index contributed by atoms with van der Waals surface area (Å²) in [5.41, 5.74) is 0. The minimum Gasteiger partial charge on any atom is -0.462 e. The lowest BCUT2D eigenvalue weighted by atomic mass is 10.0. The highest BCUT2D eigenvalue weighted by Crippen LogP contribution is 2.17. The van der Waals surface area contributed by atoms with E-state index in [4.69, 9.17) is 14.2 Å². The first kappa shape index (κ1) is 64.1. The van der Waals surface area contributed by atoms with Crippen molar-refractivity contribution in [1.82, 2.24) is 0 Å². The zero-order valence-electron chi connectivity index (χ0n) is 44.4. The molecule has 6 nitrogen and oxygen atoms in total. The summed E-state index contributed by atoms with van der Waals surface area (Å²) in [7, 11) is 0. The van der Waals surface area contributed by atoms with Crippen LogP contribution in [0, 0.1) is 0 Å².